The molecular weight excluding hydrogens is 322 g/mol. The van der Waals surface area contributed by atoms with Gasteiger partial charge in [0.05, 0.1) is 6.54 Å². The summed E-state index contributed by atoms with van der Waals surface area (Å²) >= 11 is 0. The minimum Gasteiger partial charge on any atom is -0.464 e. The first kappa shape index (κ1) is 17.5. The number of aryl methyl sites for hydroxylation is 1. The summed E-state index contributed by atoms with van der Waals surface area (Å²) in [7, 11) is 1.64. The number of hydrogen-bond acceptors (Lipinski definition) is 4. The molecule has 1 N–H and O–H groups in total. The summed E-state index contributed by atoms with van der Waals surface area (Å²) in [6.07, 6.45) is 3.53. The fraction of sp³-hybridized carbons (Fsp3) is 0.611. The summed E-state index contributed by atoms with van der Waals surface area (Å²) < 4.78 is 5.47. The van der Waals surface area contributed by atoms with Crippen molar-refractivity contribution in [2.24, 2.45) is 5.92 Å². The molecule has 7 nitrogen and oxygen atoms in total. The summed E-state index contributed by atoms with van der Waals surface area (Å²) in [5, 5.41) is 2.86. The Morgan fingerprint density at radius 2 is 2.16 bits per heavy atom. The first-order valence-corrected chi connectivity index (χ1v) is 8.77. The topological polar surface area (TPSA) is 82.9 Å². The fourth-order valence-electron chi connectivity index (χ4n) is 3.79. The smallest absolute Gasteiger partial charge is 0.325 e. The van der Waals surface area contributed by atoms with Crippen LogP contribution >= 0.6 is 0 Å². The van der Waals surface area contributed by atoms with Crippen LogP contribution in [0, 0.1) is 12.8 Å². The van der Waals surface area contributed by atoms with E-state index in [2.05, 4.69) is 5.32 Å². The molecule has 0 bridgehead atoms. The number of furan rings is 1. The van der Waals surface area contributed by atoms with Crippen molar-refractivity contribution >= 4 is 17.8 Å². The van der Waals surface area contributed by atoms with Crippen LogP contribution in [0.5, 0.6) is 0 Å². The van der Waals surface area contributed by atoms with Crippen molar-refractivity contribution in [3.63, 3.8) is 0 Å². The van der Waals surface area contributed by atoms with Gasteiger partial charge in [-0.05, 0) is 37.8 Å². The molecule has 1 spiro atoms. The van der Waals surface area contributed by atoms with Gasteiger partial charge in [-0.3, -0.25) is 14.5 Å². The molecule has 1 aromatic rings. The van der Waals surface area contributed by atoms with Crippen molar-refractivity contribution in [1.82, 2.24) is 15.1 Å². The van der Waals surface area contributed by atoms with Gasteiger partial charge in [0.2, 0.25) is 5.91 Å². The Morgan fingerprint density at radius 1 is 1.40 bits per heavy atom. The van der Waals surface area contributed by atoms with Crippen LogP contribution in [0.4, 0.5) is 4.79 Å². The molecule has 2 atom stereocenters. The minimum atomic E-state index is -0.827. The van der Waals surface area contributed by atoms with Gasteiger partial charge >= 0.3 is 6.03 Å². The molecule has 25 heavy (non-hydrogen) atoms. The van der Waals surface area contributed by atoms with Crippen LogP contribution in [0.3, 0.4) is 0 Å². The molecule has 1 saturated heterocycles. The van der Waals surface area contributed by atoms with Crippen molar-refractivity contribution in [2.75, 3.05) is 13.6 Å². The van der Waals surface area contributed by atoms with Crippen LogP contribution in [-0.4, -0.2) is 46.8 Å². The number of rotatable bonds is 4. The normalized spacial score (nSPS) is 26.2. The van der Waals surface area contributed by atoms with Gasteiger partial charge in [0.25, 0.3) is 5.91 Å². The molecule has 1 aromatic heterocycles. The van der Waals surface area contributed by atoms with Gasteiger partial charge in [-0.25, -0.2) is 4.79 Å². The van der Waals surface area contributed by atoms with Gasteiger partial charge in [0, 0.05) is 7.05 Å². The maximum absolute atomic E-state index is 12.9. The van der Waals surface area contributed by atoms with Gasteiger partial charge in [-0.2, -0.15) is 0 Å². The van der Waals surface area contributed by atoms with Gasteiger partial charge in [0.15, 0.2) is 0 Å². The maximum atomic E-state index is 12.9. The average molecular weight is 347 g/mol. The third-order valence-corrected chi connectivity index (χ3v) is 5.41. The van der Waals surface area contributed by atoms with E-state index in [9.17, 15) is 14.4 Å². The second-order valence-electron chi connectivity index (χ2n) is 7.20. The maximum Gasteiger partial charge on any atom is 0.325 e. The van der Waals surface area contributed by atoms with E-state index in [1.807, 2.05) is 26.0 Å². The summed E-state index contributed by atoms with van der Waals surface area (Å²) in [4.78, 5) is 40.2. The van der Waals surface area contributed by atoms with E-state index in [1.54, 1.807) is 7.05 Å². The van der Waals surface area contributed by atoms with Crippen LogP contribution in [0.2, 0.25) is 0 Å². The summed E-state index contributed by atoms with van der Waals surface area (Å²) in [6, 6.07) is 3.18. The number of nitrogens with zero attached hydrogens (tertiary/aromatic N) is 2. The largest absolute Gasteiger partial charge is 0.464 e. The van der Waals surface area contributed by atoms with E-state index in [0.717, 1.165) is 29.9 Å². The van der Waals surface area contributed by atoms with Gasteiger partial charge < -0.3 is 14.6 Å². The highest BCUT2D eigenvalue weighted by molar-refractivity contribution is 6.09. The number of amides is 4. The first-order chi connectivity index (χ1) is 11.8. The molecule has 136 valence electrons. The Hall–Kier alpha value is -2.31. The van der Waals surface area contributed by atoms with Gasteiger partial charge in [-0.1, -0.05) is 19.8 Å². The van der Waals surface area contributed by atoms with E-state index in [-0.39, 0.29) is 24.3 Å². The summed E-state index contributed by atoms with van der Waals surface area (Å²) in [6.45, 7) is 3.89. The molecule has 2 fully saturated rings. The third-order valence-electron chi connectivity index (χ3n) is 5.41. The van der Waals surface area contributed by atoms with Gasteiger partial charge in [-0.15, -0.1) is 0 Å². The average Bonchev–Trinajstić information content (AvgIpc) is 3.07. The molecule has 0 aromatic carbocycles. The molecule has 4 amide bonds. The standard InChI is InChI=1S/C18H25N3O4/c1-12-6-4-5-9-18(12)16(23)21(17(24)19-18)11-15(22)20(3)10-14-8-7-13(2)25-14/h7-8,12H,4-6,9-11H2,1-3H3,(H,19,24). The molecule has 3 rings (SSSR count). The van der Waals surface area contributed by atoms with Crippen molar-refractivity contribution in [3.05, 3.63) is 23.7 Å². The molecule has 0 radical (unpaired) electrons. The number of carbonyl (C=O) groups excluding carboxylic acids is 3. The highest BCUT2D eigenvalue weighted by atomic mass is 16.3. The van der Waals surface area contributed by atoms with Crippen molar-refractivity contribution in [3.8, 4) is 0 Å². The Balaban J connectivity index is 1.66. The second kappa shape index (κ2) is 6.54. The zero-order chi connectivity index (χ0) is 18.2. The molecule has 1 aliphatic carbocycles. The Bertz CT molecular complexity index is 698. The quantitative estimate of drug-likeness (QED) is 0.845. The SMILES string of the molecule is Cc1ccc(CN(C)C(=O)CN2C(=O)NC3(CCCCC3C)C2=O)o1. The molecule has 1 aliphatic heterocycles. The van der Waals surface area contributed by atoms with Gasteiger partial charge in [0.1, 0.15) is 23.6 Å². The number of imide groups is 1. The van der Waals surface area contributed by atoms with E-state index < -0.39 is 11.6 Å². The van der Waals surface area contributed by atoms with Crippen LogP contribution in [0.1, 0.15) is 44.1 Å². The monoisotopic (exact) mass is 347 g/mol. The predicted molar refractivity (Wildman–Crippen MR) is 90.5 cm³/mol. The Labute approximate surface area is 147 Å². The van der Waals surface area contributed by atoms with Crippen LogP contribution in [0.15, 0.2) is 16.5 Å². The third kappa shape index (κ3) is 3.15. The highest BCUT2D eigenvalue weighted by Crippen LogP contribution is 2.38. The van der Waals surface area contributed by atoms with Crippen molar-refractivity contribution in [1.29, 1.82) is 0 Å². The predicted octanol–water partition coefficient (Wildman–Crippen LogP) is 2.05. The van der Waals surface area contributed by atoms with Crippen molar-refractivity contribution < 1.29 is 18.8 Å². The molecule has 1 saturated carbocycles. The number of carbonyl (C=O) groups is 3. The summed E-state index contributed by atoms with van der Waals surface area (Å²) in [5.41, 5.74) is -0.827. The van der Waals surface area contributed by atoms with Crippen molar-refractivity contribution in [2.45, 2.75) is 51.6 Å². The lowest BCUT2D eigenvalue weighted by molar-refractivity contribution is -0.140. The molecule has 2 heterocycles. The number of nitrogens with one attached hydrogen (secondary N) is 1. The molecule has 7 heteroatoms. The lowest BCUT2D eigenvalue weighted by Crippen LogP contribution is -2.54. The fourth-order valence-corrected chi connectivity index (χ4v) is 3.79. The first-order valence-electron chi connectivity index (χ1n) is 8.77. The van der Waals surface area contributed by atoms with E-state index in [0.29, 0.717) is 18.7 Å². The zero-order valence-electron chi connectivity index (χ0n) is 15.0. The number of likely N-dealkylation sites (N-methyl/N-ethyl adjacent to an activating group) is 1. The molecular formula is C18H25N3O4. The van der Waals surface area contributed by atoms with Crippen LogP contribution in [-0.2, 0) is 16.1 Å². The van der Waals surface area contributed by atoms with E-state index in [1.165, 1.54) is 4.90 Å². The zero-order valence-corrected chi connectivity index (χ0v) is 15.0. The van der Waals surface area contributed by atoms with E-state index in [4.69, 9.17) is 4.42 Å². The molecule has 2 unspecified atom stereocenters. The van der Waals surface area contributed by atoms with E-state index >= 15 is 0 Å². The molecule has 2 aliphatic rings. The summed E-state index contributed by atoms with van der Waals surface area (Å²) in [5.74, 6) is 0.973. The lowest BCUT2D eigenvalue weighted by Gasteiger charge is -2.36. The Kier molecular flexibility index (Phi) is 4.58. The number of hydrogen-bond donors (Lipinski definition) is 1. The van der Waals surface area contributed by atoms with Crippen LogP contribution in [0.25, 0.3) is 0 Å². The second-order valence-corrected chi connectivity index (χ2v) is 7.20. The lowest BCUT2D eigenvalue weighted by atomic mass is 9.73. The number of urea groups is 1. The Morgan fingerprint density at radius 3 is 2.80 bits per heavy atom. The highest BCUT2D eigenvalue weighted by Gasteiger charge is 2.55. The minimum absolute atomic E-state index is 0.0848. The van der Waals surface area contributed by atoms with Crippen LogP contribution < -0.4 is 5.32 Å².